The molecule has 0 aliphatic carbocycles. The van der Waals surface area contributed by atoms with Crippen LogP contribution in [0.15, 0.2) is 77.7 Å². The summed E-state index contributed by atoms with van der Waals surface area (Å²) in [5.74, 6) is -0.571. The normalized spacial score (nSPS) is 18.6. The van der Waals surface area contributed by atoms with Gasteiger partial charge in [0, 0.05) is 23.7 Å². The molecule has 1 aliphatic heterocycles. The summed E-state index contributed by atoms with van der Waals surface area (Å²) in [6, 6.07) is 16.5. The number of aliphatic hydroxyl groups excluding tert-OH is 1. The highest BCUT2D eigenvalue weighted by molar-refractivity contribution is 7.91. The van der Waals surface area contributed by atoms with E-state index in [1.807, 2.05) is 4.90 Å². The fraction of sp³-hybridized carbons (Fsp3) is 0.367. The Morgan fingerprint density at radius 1 is 1.00 bits per heavy atom. The van der Waals surface area contributed by atoms with E-state index in [1.165, 1.54) is 24.3 Å². The molecule has 220 valence electrons. The van der Waals surface area contributed by atoms with Gasteiger partial charge in [-0.3, -0.25) is 4.79 Å². The molecule has 3 atom stereocenters. The topological polar surface area (TPSA) is 86.7 Å². The second kappa shape index (κ2) is 12.6. The van der Waals surface area contributed by atoms with E-state index in [0.29, 0.717) is 36.2 Å². The molecule has 4 rings (SSSR count). The van der Waals surface area contributed by atoms with Crippen LogP contribution in [0.1, 0.15) is 58.8 Å². The van der Waals surface area contributed by atoms with Crippen molar-refractivity contribution in [2.24, 2.45) is 0 Å². The van der Waals surface area contributed by atoms with Gasteiger partial charge in [0.25, 0.3) is 5.91 Å². The molecule has 2 N–H and O–H groups in total. The van der Waals surface area contributed by atoms with Crippen LogP contribution in [0, 0.1) is 0 Å². The van der Waals surface area contributed by atoms with E-state index in [1.54, 1.807) is 43.3 Å². The molecule has 0 bridgehead atoms. The van der Waals surface area contributed by atoms with Gasteiger partial charge in [0.15, 0.2) is 9.84 Å². The number of sulfone groups is 1. The Morgan fingerprint density at radius 2 is 1.63 bits per heavy atom. The highest BCUT2D eigenvalue weighted by Gasteiger charge is 2.32. The largest absolute Gasteiger partial charge is 0.416 e. The first kappa shape index (κ1) is 30.5. The molecule has 1 saturated heterocycles. The van der Waals surface area contributed by atoms with Gasteiger partial charge in [-0.25, -0.2) is 12.8 Å². The molecule has 3 aromatic carbocycles. The fourth-order valence-electron chi connectivity index (χ4n) is 5.07. The second-order valence-corrected chi connectivity index (χ2v) is 12.4. The number of carbonyl (C=O) groups excluding carboxylic acids is 1. The zero-order valence-corrected chi connectivity index (χ0v) is 23.3. The average Bonchev–Trinajstić information content (AvgIpc) is 2.99. The predicted molar refractivity (Wildman–Crippen MR) is 148 cm³/mol. The molecule has 0 saturated carbocycles. The second-order valence-electron chi connectivity index (χ2n) is 10.1. The molecule has 0 spiro atoms. The Balaban J connectivity index is 1.45. The molecule has 1 aliphatic rings. The molecule has 1 fully saturated rings. The number of nitrogens with one attached hydrogen (secondary N) is 1. The van der Waals surface area contributed by atoms with E-state index >= 15 is 0 Å². The monoisotopic (exact) mass is 592 g/mol. The summed E-state index contributed by atoms with van der Waals surface area (Å²) in [5.41, 5.74) is 1.58. The van der Waals surface area contributed by atoms with Crippen molar-refractivity contribution in [2.75, 3.05) is 30.5 Å². The lowest BCUT2D eigenvalue weighted by atomic mass is 9.86. The first-order valence-electron chi connectivity index (χ1n) is 13.3. The summed E-state index contributed by atoms with van der Waals surface area (Å²) in [5, 5.41) is 12.6. The first-order chi connectivity index (χ1) is 19.5. The van der Waals surface area contributed by atoms with E-state index in [0.717, 1.165) is 17.7 Å². The molecule has 3 aromatic rings. The standard InChI is InChI=1S/C30H32F4N2O4S/c1-2-41(39,40)27-15-8-21(9-16-27)28(19-37)35-29(38)22-5-12-25(13-6-22)36-18-23(7-14-26(36)17-31)20-3-10-24(11-4-20)30(32,33)34/h3-6,8-13,15-16,23,26,28,37H,2,7,14,17-19H2,1H3,(H,35,38)/t23?,26-,28-/m0/s1. The predicted octanol–water partition coefficient (Wildman–Crippen LogP) is 5.68. The summed E-state index contributed by atoms with van der Waals surface area (Å²) in [4.78, 5) is 15.0. The van der Waals surface area contributed by atoms with Crippen molar-refractivity contribution < 1.29 is 35.9 Å². The third-order valence-electron chi connectivity index (χ3n) is 7.56. The van der Waals surface area contributed by atoms with Crippen LogP contribution < -0.4 is 10.2 Å². The van der Waals surface area contributed by atoms with Gasteiger partial charge in [0.2, 0.25) is 0 Å². The molecule has 0 aromatic heterocycles. The number of alkyl halides is 4. The van der Waals surface area contributed by atoms with Gasteiger partial charge in [-0.05, 0) is 72.5 Å². The minimum atomic E-state index is -4.41. The number of hydrogen-bond acceptors (Lipinski definition) is 5. The maximum Gasteiger partial charge on any atom is 0.416 e. The number of carbonyl (C=O) groups is 1. The Bertz CT molecular complexity index is 1430. The van der Waals surface area contributed by atoms with Crippen LogP contribution in [0.5, 0.6) is 0 Å². The molecule has 1 unspecified atom stereocenters. The molecular formula is C30H32F4N2O4S. The molecule has 11 heteroatoms. The van der Waals surface area contributed by atoms with Crippen LogP contribution in [0.2, 0.25) is 0 Å². The fourth-order valence-corrected chi connectivity index (χ4v) is 5.96. The van der Waals surface area contributed by atoms with Gasteiger partial charge in [-0.15, -0.1) is 0 Å². The maximum atomic E-state index is 13.9. The van der Waals surface area contributed by atoms with Crippen LogP contribution in [-0.2, 0) is 16.0 Å². The number of anilines is 1. The highest BCUT2D eigenvalue weighted by atomic mass is 32.2. The zero-order valence-electron chi connectivity index (χ0n) is 22.4. The lowest BCUT2D eigenvalue weighted by Gasteiger charge is -2.40. The number of piperidine rings is 1. The third kappa shape index (κ3) is 7.08. The number of nitrogens with zero attached hydrogens (tertiary/aromatic N) is 1. The minimum absolute atomic E-state index is 0.0400. The summed E-state index contributed by atoms with van der Waals surface area (Å²) >= 11 is 0. The van der Waals surface area contributed by atoms with Gasteiger partial charge in [0.1, 0.15) is 6.67 Å². The van der Waals surface area contributed by atoms with Gasteiger partial charge in [-0.2, -0.15) is 13.2 Å². The molecule has 6 nitrogen and oxygen atoms in total. The van der Waals surface area contributed by atoms with Gasteiger partial charge in [-0.1, -0.05) is 31.2 Å². The maximum absolute atomic E-state index is 13.9. The summed E-state index contributed by atoms with van der Waals surface area (Å²) in [7, 11) is -3.38. The number of rotatable bonds is 9. The van der Waals surface area contributed by atoms with E-state index in [-0.39, 0.29) is 16.6 Å². The Labute approximate surface area is 236 Å². The number of aliphatic hydroxyl groups is 1. The Hall–Kier alpha value is -3.44. The smallest absolute Gasteiger partial charge is 0.394 e. The van der Waals surface area contributed by atoms with Crippen molar-refractivity contribution in [2.45, 2.75) is 48.8 Å². The van der Waals surface area contributed by atoms with Crippen molar-refractivity contribution >= 4 is 21.4 Å². The molecular weight excluding hydrogens is 560 g/mol. The molecule has 41 heavy (non-hydrogen) atoms. The number of hydrogen-bond donors (Lipinski definition) is 2. The van der Waals surface area contributed by atoms with Crippen molar-refractivity contribution in [3.63, 3.8) is 0 Å². The van der Waals surface area contributed by atoms with Crippen molar-refractivity contribution in [1.29, 1.82) is 0 Å². The minimum Gasteiger partial charge on any atom is -0.394 e. The van der Waals surface area contributed by atoms with Gasteiger partial charge >= 0.3 is 6.18 Å². The van der Waals surface area contributed by atoms with Gasteiger partial charge < -0.3 is 15.3 Å². The van der Waals surface area contributed by atoms with E-state index in [2.05, 4.69) is 5.32 Å². The summed E-state index contributed by atoms with van der Waals surface area (Å²) in [6.45, 7) is 0.979. The van der Waals surface area contributed by atoms with Crippen LogP contribution in [-0.4, -0.2) is 51.1 Å². The van der Waals surface area contributed by atoms with Crippen molar-refractivity contribution in [3.8, 4) is 0 Å². The summed E-state index contributed by atoms with van der Waals surface area (Å²) < 4.78 is 76.9. The first-order valence-corrected chi connectivity index (χ1v) is 15.0. The van der Waals surface area contributed by atoms with Crippen LogP contribution in [0.4, 0.5) is 23.2 Å². The SMILES string of the molecule is CCS(=O)(=O)c1ccc([C@H](CO)NC(=O)c2ccc(N3CC(c4ccc(C(F)(F)F)cc4)CC[C@H]3CF)cc2)cc1. The number of amides is 1. The summed E-state index contributed by atoms with van der Waals surface area (Å²) in [6.07, 6.45) is -3.24. The molecule has 1 heterocycles. The van der Waals surface area contributed by atoms with E-state index in [4.69, 9.17) is 0 Å². The van der Waals surface area contributed by atoms with E-state index in [9.17, 15) is 35.9 Å². The lowest BCUT2D eigenvalue weighted by molar-refractivity contribution is -0.137. The van der Waals surface area contributed by atoms with E-state index < -0.39 is 52.8 Å². The average molecular weight is 593 g/mol. The third-order valence-corrected chi connectivity index (χ3v) is 9.31. The number of halogens is 4. The zero-order chi connectivity index (χ0) is 29.8. The Kier molecular flexibility index (Phi) is 9.38. The van der Waals surface area contributed by atoms with Gasteiger partial charge in [0.05, 0.1) is 34.9 Å². The lowest BCUT2D eigenvalue weighted by Crippen LogP contribution is -2.44. The van der Waals surface area contributed by atoms with Crippen LogP contribution in [0.25, 0.3) is 0 Å². The Morgan fingerprint density at radius 3 is 2.17 bits per heavy atom. The van der Waals surface area contributed by atoms with Crippen LogP contribution >= 0.6 is 0 Å². The number of benzene rings is 3. The quantitative estimate of drug-likeness (QED) is 0.312. The van der Waals surface area contributed by atoms with Crippen molar-refractivity contribution in [1.82, 2.24) is 5.32 Å². The van der Waals surface area contributed by atoms with Crippen molar-refractivity contribution in [3.05, 3.63) is 95.1 Å². The molecule has 1 amide bonds. The van der Waals surface area contributed by atoms with Crippen LogP contribution in [0.3, 0.4) is 0 Å². The highest BCUT2D eigenvalue weighted by Crippen LogP contribution is 2.36. The molecule has 0 radical (unpaired) electrons.